The number of benzene rings is 2. The van der Waals surface area contributed by atoms with E-state index in [2.05, 4.69) is 0 Å². The molecule has 0 saturated heterocycles. The molecular formula is C16H14F2O. The monoisotopic (exact) mass is 260 g/mol. The first-order valence-corrected chi connectivity index (χ1v) is 6.12. The summed E-state index contributed by atoms with van der Waals surface area (Å²) >= 11 is 0. The summed E-state index contributed by atoms with van der Waals surface area (Å²) in [6.07, 6.45) is 0.686. The molecule has 2 rings (SSSR count). The molecule has 3 heteroatoms. The van der Waals surface area contributed by atoms with Gasteiger partial charge in [0.2, 0.25) is 0 Å². The lowest BCUT2D eigenvalue weighted by Crippen LogP contribution is -2.03. The average molecular weight is 260 g/mol. The molecule has 0 atom stereocenters. The van der Waals surface area contributed by atoms with Gasteiger partial charge in [0.25, 0.3) is 0 Å². The van der Waals surface area contributed by atoms with Gasteiger partial charge in [0.1, 0.15) is 11.6 Å². The zero-order valence-corrected chi connectivity index (χ0v) is 10.8. The quantitative estimate of drug-likeness (QED) is 0.748. The standard InChI is InChI=1S/C16H14F2O/c1-3-11-5-4-6-14(16(11)10(2)19)13-8-7-12(17)9-15(13)18/h4-9H,3H2,1-2H3. The van der Waals surface area contributed by atoms with Crippen molar-refractivity contribution in [2.75, 3.05) is 0 Å². The fraction of sp³-hybridized carbons (Fsp3) is 0.188. The summed E-state index contributed by atoms with van der Waals surface area (Å²) in [5, 5.41) is 0. The van der Waals surface area contributed by atoms with E-state index in [1.165, 1.54) is 19.1 Å². The SMILES string of the molecule is CCc1cccc(-c2ccc(F)cc2F)c1C(C)=O. The maximum atomic E-state index is 13.9. The minimum atomic E-state index is -0.657. The van der Waals surface area contributed by atoms with Gasteiger partial charge in [-0.25, -0.2) is 8.78 Å². The molecule has 2 aromatic rings. The van der Waals surface area contributed by atoms with Gasteiger partial charge in [0.05, 0.1) is 0 Å². The van der Waals surface area contributed by atoms with Crippen molar-refractivity contribution in [3.63, 3.8) is 0 Å². The van der Waals surface area contributed by atoms with Crippen LogP contribution in [0.2, 0.25) is 0 Å². The van der Waals surface area contributed by atoms with Gasteiger partial charge in [-0.2, -0.15) is 0 Å². The Morgan fingerprint density at radius 1 is 1.11 bits per heavy atom. The van der Waals surface area contributed by atoms with Crippen molar-refractivity contribution in [2.45, 2.75) is 20.3 Å². The van der Waals surface area contributed by atoms with Crippen LogP contribution in [0.15, 0.2) is 36.4 Å². The number of aryl methyl sites for hydroxylation is 1. The maximum absolute atomic E-state index is 13.9. The van der Waals surface area contributed by atoms with E-state index < -0.39 is 11.6 Å². The van der Waals surface area contributed by atoms with E-state index in [1.54, 1.807) is 12.1 Å². The van der Waals surface area contributed by atoms with E-state index in [1.807, 2.05) is 13.0 Å². The summed E-state index contributed by atoms with van der Waals surface area (Å²) in [6, 6.07) is 8.71. The van der Waals surface area contributed by atoms with E-state index in [0.717, 1.165) is 11.6 Å². The molecule has 0 aliphatic carbocycles. The van der Waals surface area contributed by atoms with Crippen molar-refractivity contribution in [3.05, 3.63) is 59.2 Å². The second kappa shape index (κ2) is 5.31. The molecule has 0 amide bonds. The first-order chi connectivity index (χ1) is 9.04. The predicted octanol–water partition coefficient (Wildman–Crippen LogP) is 4.40. The third kappa shape index (κ3) is 2.55. The Morgan fingerprint density at radius 2 is 1.84 bits per heavy atom. The van der Waals surface area contributed by atoms with Crippen molar-refractivity contribution in [1.82, 2.24) is 0 Å². The molecule has 0 radical (unpaired) electrons. The normalized spacial score (nSPS) is 10.5. The summed E-state index contributed by atoms with van der Waals surface area (Å²) in [6.45, 7) is 3.39. The van der Waals surface area contributed by atoms with Crippen LogP contribution >= 0.6 is 0 Å². The van der Waals surface area contributed by atoms with E-state index in [-0.39, 0.29) is 11.3 Å². The highest BCUT2D eigenvalue weighted by atomic mass is 19.1. The van der Waals surface area contributed by atoms with Gasteiger partial charge in [0.15, 0.2) is 5.78 Å². The van der Waals surface area contributed by atoms with Gasteiger partial charge in [-0.1, -0.05) is 25.1 Å². The van der Waals surface area contributed by atoms with Crippen LogP contribution in [0.25, 0.3) is 11.1 Å². The average Bonchev–Trinajstić information content (AvgIpc) is 2.37. The van der Waals surface area contributed by atoms with Crippen LogP contribution < -0.4 is 0 Å². The lowest BCUT2D eigenvalue weighted by atomic mass is 9.92. The van der Waals surface area contributed by atoms with Gasteiger partial charge < -0.3 is 0 Å². The second-order valence-corrected chi connectivity index (χ2v) is 4.37. The molecule has 2 aromatic carbocycles. The van der Waals surface area contributed by atoms with Crippen molar-refractivity contribution in [3.8, 4) is 11.1 Å². The summed E-state index contributed by atoms with van der Waals surface area (Å²) in [4.78, 5) is 11.8. The van der Waals surface area contributed by atoms with Crippen LogP contribution in [0, 0.1) is 11.6 Å². The van der Waals surface area contributed by atoms with Gasteiger partial charge in [-0.05, 0) is 36.6 Å². The highest BCUT2D eigenvalue weighted by Crippen LogP contribution is 2.29. The van der Waals surface area contributed by atoms with Gasteiger partial charge in [0, 0.05) is 17.2 Å². The number of carbonyl (C=O) groups excluding carboxylic acids is 1. The molecule has 0 spiro atoms. The van der Waals surface area contributed by atoms with E-state index in [4.69, 9.17) is 0 Å². The minimum Gasteiger partial charge on any atom is -0.294 e. The Bertz CT molecular complexity index is 633. The molecule has 0 N–H and O–H groups in total. The molecule has 0 saturated carbocycles. The molecule has 0 bridgehead atoms. The van der Waals surface area contributed by atoms with E-state index >= 15 is 0 Å². The second-order valence-electron chi connectivity index (χ2n) is 4.37. The maximum Gasteiger partial charge on any atom is 0.160 e. The topological polar surface area (TPSA) is 17.1 Å². The summed E-state index contributed by atoms with van der Waals surface area (Å²) in [5.74, 6) is -1.40. The molecule has 0 heterocycles. The van der Waals surface area contributed by atoms with Gasteiger partial charge >= 0.3 is 0 Å². The van der Waals surface area contributed by atoms with Gasteiger partial charge in [-0.15, -0.1) is 0 Å². The third-order valence-corrected chi connectivity index (χ3v) is 3.11. The summed E-state index contributed by atoms with van der Waals surface area (Å²) in [7, 11) is 0. The molecule has 0 aliphatic rings. The minimum absolute atomic E-state index is 0.115. The number of ketones is 1. The van der Waals surface area contributed by atoms with Crippen molar-refractivity contribution in [1.29, 1.82) is 0 Å². The highest BCUT2D eigenvalue weighted by molar-refractivity contribution is 6.02. The highest BCUT2D eigenvalue weighted by Gasteiger charge is 2.16. The fourth-order valence-electron chi connectivity index (χ4n) is 2.24. The van der Waals surface area contributed by atoms with Crippen molar-refractivity contribution in [2.24, 2.45) is 0 Å². The fourth-order valence-corrected chi connectivity index (χ4v) is 2.24. The Kier molecular flexibility index (Phi) is 3.74. The molecule has 0 fully saturated rings. The predicted molar refractivity (Wildman–Crippen MR) is 71.2 cm³/mol. The third-order valence-electron chi connectivity index (χ3n) is 3.11. The molecule has 19 heavy (non-hydrogen) atoms. The van der Waals surface area contributed by atoms with Crippen LogP contribution in [0.4, 0.5) is 8.78 Å². The molecule has 0 aromatic heterocycles. The lowest BCUT2D eigenvalue weighted by Gasteiger charge is -2.12. The van der Waals surface area contributed by atoms with Crippen LogP contribution in [-0.4, -0.2) is 5.78 Å². The Hall–Kier alpha value is -2.03. The number of rotatable bonds is 3. The van der Waals surface area contributed by atoms with Crippen LogP contribution in [0.1, 0.15) is 29.8 Å². The van der Waals surface area contributed by atoms with Crippen molar-refractivity contribution < 1.29 is 13.6 Å². The molecule has 0 aliphatic heterocycles. The first-order valence-electron chi connectivity index (χ1n) is 6.12. The lowest BCUT2D eigenvalue weighted by molar-refractivity contribution is 0.101. The smallest absolute Gasteiger partial charge is 0.160 e. The Balaban J connectivity index is 2.71. The Labute approximate surface area is 110 Å². The number of hydrogen-bond acceptors (Lipinski definition) is 1. The van der Waals surface area contributed by atoms with Crippen LogP contribution in [0.5, 0.6) is 0 Å². The number of hydrogen-bond donors (Lipinski definition) is 0. The zero-order chi connectivity index (χ0) is 14.0. The molecular weight excluding hydrogens is 246 g/mol. The molecule has 0 unspecified atom stereocenters. The summed E-state index contributed by atoms with van der Waals surface area (Å²) in [5.41, 5.74) is 2.15. The van der Waals surface area contributed by atoms with E-state index in [0.29, 0.717) is 17.5 Å². The number of carbonyl (C=O) groups is 1. The van der Waals surface area contributed by atoms with Crippen LogP contribution in [-0.2, 0) is 6.42 Å². The zero-order valence-electron chi connectivity index (χ0n) is 10.8. The largest absolute Gasteiger partial charge is 0.294 e. The van der Waals surface area contributed by atoms with E-state index in [9.17, 15) is 13.6 Å². The van der Waals surface area contributed by atoms with Gasteiger partial charge in [-0.3, -0.25) is 4.79 Å². The first kappa shape index (κ1) is 13.4. The Morgan fingerprint density at radius 3 is 2.42 bits per heavy atom. The summed E-state index contributed by atoms with van der Waals surface area (Å²) < 4.78 is 26.8. The number of Topliss-reactive ketones (excluding diaryl/α,β-unsaturated/α-hetero) is 1. The van der Waals surface area contributed by atoms with Crippen molar-refractivity contribution >= 4 is 5.78 Å². The van der Waals surface area contributed by atoms with Crippen LogP contribution in [0.3, 0.4) is 0 Å². The molecule has 98 valence electrons. The molecule has 1 nitrogen and oxygen atoms in total. The number of halogens is 2.